The number of fused-ring (bicyclic) bond motifs is 1. The van der Waals surface area contributed by atoms with Crippen LogP contribution in [0.15, 0.2) is 36.7 Å². The smallest absolute Gasteiger partial charge is 0.278 e. The highest BCUT2D eigenvalue weighted by Gasteiger charge is 2.11. The summed E-state index contributed by atoms with van der Waals surface area (Å²) in [6.07, 6.45) is 2.95. The standard InChI is InChI=1S/C14H14N6O/c1-2-15-12-8-16-11(7-17-12)13(21)20-14-18-9-5-3-4-6-10(9)19-14/h3-8H,2H2,1H3,(H,15,17)(H2,18,19,20,21). The minimum absolute atomic E-state index is 0.233. The van der Waals surface area contributed by atoms with E-state index in [1.54, 1.807) is 0 Å². The summed E-state index contributed by atoms with van der Waals surface area (Å²) in [5.74, 6) is 0.668. The summed E-state index contributed by atoms with van der Waals surface area (Å²) in [6.45, 7) is 2.71. The number of carbonyl (C=O) groups excluding carboxylic acids is 1. The van der Waals surface area contributed by atoms with E-state index in [-0.39, 0.29) is 11.6 Å². The van der Waals surface area contributed by atoms with Crippen molar-refractivity contribution in [3.05, 3.63) is 42.4 Å². The molecule has 3 aromatic rings. The molecule has 0 atom stereocenters. The van der Waals surface area contributed by atoms with Crippen molar-refractivity contribution in [3.63, 3.8) is 0 Å². The number of H-pyrrole nitrogens is 1. The summed E-state index contributed by atoms with van der Waals surface area (Å²) in [5, 5.41) is 5.69. The van der Waals surface area contributed by atoms with Crippen molar-refractivity contribution in [2.75, 3.05) is 17.2 Å². The SMILES string of the molecule is CCNc1cnc(C(=O)Nc2nc3ccccc3[nH]2)cn1. The Hall–Kier alpha value is -2.96. The number of nitrogens with zero attached hydrogens (tertiary/aromatic N) is 3. The lowest BCUT2D eigenvalue weighted by atomic mass is 10.3. The fraction of sp³-hybridized carbons (Fsp3) is 0.143. The fourth-order valence-electron chi connectivity index (χ4n) is 1.90. The van der Waals surface area contributed by atoms with Crippen LogP contribution in [0.25, 0.3) is 11.0 Å². The summed E-state index contributed by atoms with van der Waals surface area (Å²) in [6, 6.07) is 7.55. The van der Waals surface area contributed by atoms with Gasteiger partial charge in [-0.25, -0.2) is 15.0 Å². The Balaban J connectivity index is 1.76. The van der Waals surface area contributed by atoms with Crippen LogP contribution in [0.2, 0.25) is 0 Å². The summed E-state index contributed by atoms with van der Waals surface area (Å²) >= 11 is 0. The van der Waals surface area contributed by atoms with Gasteiger partial charge in [-0.05, 0) is 19.1 Å². The molecule has 0 radical (unpaired) electrons. The van der Waals surface area contributed by atoms with Crippen LogP contribution in [-0.2, 0) is 0 Å². The van der Waals surface area contributed by atoms with E-state index < -0.39 is 0 Å². The van der Waals surface area contributed by atoms with Crippen LogP contribution in [0.4, 0.5) is 11.8 Å². The fourth-order valence-corrected chi connectivity index (χ4v) is 1.90. The van der Waals surface area contributed by atoms with Crippen LogP contribution >= 0.6 is 0 Å². The molecule has 7 nitrogen and oxygen atoms in total. The molecular formula is C14H14N6O. The number of amides is 1. The lowest BCUT2D eigenvalue weighted by Crippen LogP contribution is -2.15. The molecule has 2 aromatic heterocycles. The quantitative estimate of drug-likeness (QED) is 0.680. The summed E-state index contributed by atoms with van der Waals surface area (Å²) < 4.78 is 0. The number of para-hydroxylation sites is 2. The minimum Gasteiger partial charge on any atom is -0.369 e. The molecule has 106 valence electrons. The number of hydrogen-bond donors (Lipinski definition) is 3. The topological polar surface area (TPSA) is 95.6 Å². The molecule has 21 heavy (non-hydrogen) atoms. The number of aromatic nitrogens is 4. The molecule has 0 aliphatic heterocycles. The molecule has 0 spiro atoms. The van der Waals surface area contributed by atoms with E-state index in [2.05, 4.69) is 30.6 Å². The molecular weight excluding hydrogens is 268 g/mol. The number of aromatic amines is 1. The maximum atomic E-state index is 12.1. The predicted molar refractivity (Wildman–Crippen MR) is 80.2 cm³/mol. The van der Waals surface area contributed by atoms with Gasteiger partial charge in [-0.3, -0.25) is 10.1 Å². The Labute approximate surface area is 120 Å². The Kier molecular flexibility index (Phi) is 3.46. The highest BCUT2D eigenvalue weighted by molar-refractivity contribution is 6.02. The van der Waals surface area contributed by atoms with Gasteiger partial charge in [0.2, 0.25) is 5.95 Å². The monoisotopic (exact) mass is 282 g/mol. The van der Waals surface area contributed by atoms with Gasteiger partial charge < -0.3 is 10.3 Å². The Morgan fingerprint density at radius 3 is 2.81 bits per heavy atom. The molecule has 0 aliphatic rings. The Morgan fingerprint density at radius 2 is 2.10 bits per heavy atom. The first kappa shape index (κ1) is 13.0. The molecule has 0 fully saturated rings. The second-order valence-electron chi connectivity index (χ2n) is 4.37. The molecule has 1 amide bonds. The van der Waals surface area contributed by atoms with Gasteiger partial charge in [-0.1, -0.05) is 12.1 Å². The van der Waals surface area contributed by atoms with E-state index in [0.29, 0.717) is 11.8 Å². The minimum atomic E-state index is -0.357. The number of imidazole rings is 1. The lowest BCUT2D eigenvalue weighted by Gasteiger charge is -2.03. The molecule has 0 aliphatic carbocycles. The number of rotatable bonds is 4. The third-order valence-corrected chi connectivity index (χ3v) is 2.86. The van der Waals surface area contributed by atoms with Gasteiger partial charge in [0.1, 0.15) is 11.5 Å². The number of anilines is 2. The molecule has 7 heteroatoms. The van der Waals surface area contributed by atoms with E-state index in [9.17, 15) is 4.79 Å². The number of carbonyl (C=O) groups is 1. The van der Waals surface area contributed by atoms with Gasteiger partial charge in [0, 0.05) is 6.54 Å². The van der Waals surface area contributed by atoms with Crippen LogP contribution in [-0.4, -0.2) is 32.4 Å². The number of hydrogen-bond acceptors (Lipinski definition) is 5. The van der Waals surface area contributed by atoms with Crippen molar-refractivity contribution in [2.45, 2.75) is 6.92 Å². The molecule has 0 unspecified atom stereocenters. The third-order valence-electron chi connectivity index (χ3n) is 2.86. The molecule has 0 bridgehead atoms. The predicted octanol–water partition coefficient (Wildman–Crippen LogP) is 2.04. The zero-order valence-electron chi connectivity index (χ0n) is 11.4. The van der Waals surface area contributed by atoms with Crippen molar-refractivity contribution in [2.24, 2.45) is 0 Å². The second kappa shape index (κ2) is 5.58. The Bertz CT molecular complexity index is 731. The maximum absolute atomic E-state index is 12.1. The zero-order chi connectivity index (χ0) is 14.7. The average molecular weight is 282 g/mol. The maximum Gasteiger partial charge on any atom is 0.278 e. The highest BCUT2D eigenvalue weighted by Crippen LogP contribution is 2.13. The first-order chi connectivity index (χ1) is 10.3. The van der Waals surface area contributed by atoms with Crippen LogP contribution in [0.1, 0.15) is 17.4 Å². The molecule has 0 saturated carbocycles. The van der Waals surface area contributed by atoms with E-state index >= 15 is 0 Å². The zero-order valence-corrected chi connectivity index (χ0v) is 11.4. The first-order valence-electron chi connectivity index (χ1n) is 6.58. The molecule has 1 aromatic carbocycles. The van der Waals surface area contributed by atoms with Crippen molar-refractivity contribution in [3.8, 4) is 0 Å². The van der Waals surface area contributed by atoms with Gasteiger partial charge >= 0.3 is 0 Å². The largest absolute Gasteiger partial charge is 0.369 e. The average Bonchev–Trinajstić information content (AvgIpc) is 2.90. The van der Waals surface area contributed by atoms with Crippen LogP contribution in [0.5, 0.6) is 0 Å². The summed E-state index contributed by atoms with van der Waals surface area (Å²) in [4.78, 5) is 27.5. The van der Waals surface area contributed by atoms with Gasteiger partial charge in [-0.2, -0.15) is 0 Å². The third kappa shape index (κ3) is 2.81. The normalized spacial score (nSPS) is 10.5. The van der Waals surface area contributed by atoms with Crippen LogP contribution in [0, 0.1) is 0 Å². The molecule has 3 rings (SSSR count). The number of nitrogens with one attached hydrogen (secondary N) is 3. The van der Waals surface area contributed by atoms with Gasteiger partial charge in [0.15, 0.2) is 0 Å². The van der Waals surface area contributed by atoms with Crippen LogP contribution < -0.4 is 10.6 Å². The van der Waals surface area contributed by atoms with E-state index in [4.69, 9.17) is 0 Å². The van der Waals surface area contributed by atoms with Crippen molar-refractivity contribution < 1.29 is 4.79 Å². The molecule has 3 N–H and O–H groups in total. The molecule has 2 heterocycles. The van der Waals surface area contributed by atoms with Gasteiger partial charge in [0.25, 0.3) is 5.91 Å². The second-order valence-corrected chi connectivity index (χ2v) is 4.37. The van der Waals surface area contributed by atoms with Crippen molar-refractivity contribution in [1.29, 1.82) is 0 Å². The summed E-state index contributed by atoms with van der Waals surface area (Å²) in [7, 11) is 0. The first-order valence-corrected chi connectivity index (χ1v) is 6.58. The van der Waals surface area contributed by atoms with Crippen molar-refractivity contribution >= 4 is 28.7 Å². The van der Waals surface area contributed by atoms with Gasteiger partial charge in [0.05, 0.1) is 23.4 Å². The summed E-state index contributed by atoms with van der Waals surface area (Å²) in [5.41, 5.74) is 1.89. The van der Waals surface area contributed by atoms with Crippen LogP contribution in [0.3, 0.4) is 0 Å². The van der Waals surface area contributed by atoms with E-state index in [1.165, 1.54) is 12.4 Å². The van der Waals surface area contributed by atoms with Crippen molar-refractivity contribution in [1.82, 2.24) is 19.9 Å². The molecule has 0 saturated heterocycles. The highest BCUT2D eigenvalue weighted by atomic mass is 16.2. The van der Waals surface area contributed by atoms with E-state index in [0.717, 1.165) is 17.6 Å². The van der Waals surface area contributed by atoms with E-state index in [1.807, 2.05) is 31.2 Å². The lowest BCUT2D eigenvalue weighted by molar-refractivity contribution is 0.102. The Morgan fingerprint density at radius 1 is 1.24 bits per heavy atom. The number of benzene rings is 1. The van der Waals surface area contributed by atoms with Gasteiger partial charge in [-0.15, -0.1) is 0 Å².